The summed E-state index contributed by atoms with van der Waals surface area (Å²) in [4.78, 5) is 27.9. The van der Waals surface area contributed by atoms with Gasteiger partial charge in [-0.25, -0.2) is 9.10 Å². The predicted octanol–water partition coefficient (Wildman–Crippen LogP) is 8.47. The third-order valence-corrected chi connectivity index (χ3v) is 8.93. The number of carbonyl (C=O) groups is 2. The molecule has 2 heterocycles. The number of ether oxygens (including phenoxy) is 1. The molecule has 1 unspecified atom stereocenters. The topological polar surface area (TPSA) is 78.8 Å². The lowest BCUT2D eigenvalue weighted by Crippen LogP contribution is -2.38. The van der Waals surface area contributed by atoms with Crippen LogP contribution in [0.2, 0.25) is 0 Å². The molecule has 9 heteroatoms. The van der Waals surface area contributed by atoms with Gasteiger partial charge in [0.1, 0.15) is 11.5 Å². The van der Waals surface area contributed by atoms with Crippen LogP contribution < -0.4 is 19.7 Å². The third kappa shape index (κ3) is 7.64. The van der Waals surface area contributed by atoms with E-state index < -0.39 is 0 Å². The van der Waals surface area contributed by atoms with Crippen molar-refractivity contribution < 1.29 is 14.3 Å². The molecule has 4 aromatic carbocycles. The average Bonchev–Trinajstić information content (AvgIpc) is 3.75. The number of likely N-dealkylation sites (tertiary alicyclic amines) is 1. The number of hydrogen-bond donors (Lipinski definition) is 3. The van der Waals surface area contributed by atoms with Gasteiger partial charge in [-0.15, -0.1) is 0 Å². The second-order valence-electron chi connectivity index (χ2n) is 12.4. The van der Waals surface area contributed by atoms with E-state index in [4.69, 9.17) is 4.74 Å². The van der Waals surface area contributed by atoms with Crippen LogP contribution in [-0.2, 0) is 6.42 Å². The van der Waals surface area contributed by atoms with E-state index in [0.29, 0.717) is 34.5 Å². The van der Waals surface area contributed by atoms with Crippen molar-refractivity contribution in [3.63, 3.8) is 0 Å². The maximum Gasteiger partial charge on any atom is 0.332 e. The molecule has 5 aromatic rings. The van der Waals surface area contributed by atoms with E-state index in [1.54, 1.807) is 48.5 Å². The first kappa shape index (κ1) is 32.2. The Morgan fingerprint density at radius 3 is 2.15 bits per heavy atom. The molecule has 1 saturated heterocycles. The number of aromatic nitrogens is 1. The van der Waals surface area contributed by atoms with Gasteiger partial charge in [-0.1, -0.05) is 31.0 Å². The molecule has 0 radical (unpaired) electrons. The Hall–Kier alpha value is -4.73. The van der Waals surface area contributed by atoms with E-state index >= 15 is 0 Å². The van der Waals surface area contributed by atoms with Gasteiger partial charge in [-0.05, 0) is 138 Å². The van der Waals surface area contributed by atoms with Crippen molar-refractivity contribution in [1.82, 2.24) is 14.8 Å². The molecule has 1 aliphatic rings. The quantitative estimate of drug-likeness (QED) is 0.133. The maximum absolute atomic E-state index is 13.1. The minimum atomic E-state index is -0.299. The highest BCUT2D eigenvalue weighted by molar-refractivity contribution is 7.82. The van der Waals surface area contributed by atoms with Crippen molar-refractivity contribution in [3.05, 3.63) is 114 Å². The Morgan fingerprint density at radius 2 is 1.49 bits per heavy atom. The molecule has 1 atom stereocenters. The molecule has 0 aliphatic carbocycles. The number of thiol groups is 1. The number of para-hydroxylation sites is 1. The van der Waals surface area contributed by atoms with Gasteiger partial charge in [-0.2, -0.15) is 0 Å². The minimum Gasteiger partial charge on any atom is -0.457 e. The normalized spacial score (nSPS) is 13.9. The van der Waals surface area contributed by atoms with E-state index in [2.05, 4.69) is 70.3 Å². The lowest BCUT2D eigenvalue weighted by Gasteiger charge is -2.23. The fourth-order valence-electron chi connectivity index (χ4n) is 6.06. The highest BCUT2D eigenvalue weighted by Crippen LogP contribution is 2.29. The summed E-state index contributed by atoms with van der Waals surface area (Å²) in [5, 5.41) is 7.05. The summed E-state index contributed by atoms with van der Waals surface area (Å²) in [6.07, 6.45) is 5.85. The Bertz CT molecular complexity index is 1830. The van der Waals surface area contributed by atoms with Crippen LogP contribution in [0, 0.1) is 0 Å². The summed E-state index contributed by atoms with van der Waals surface area (Å²) >= 11 is 4.29. The van der Waals surface area contributed by atoms with Gasteiger partial charge in [0.25, 0.3) is 5.91 Å². The fraction of sp³-hybridized carbons (Fsp3) is 0.263. The fourth-order valence-corrected chi connectivity index (χ4v) is 6.25. The zero-order chi connectivity index (χ0) is 32.9. The molecule has 0 bridgehead atoms. The summed E-state index contributed by atoms with van der Waals surface area (Å²) in [7, 11) is 0. The zero-order valence-corrected chi connectivity index (χ0v) is 27.9. The smallest absolute Gasteiger partial charge is 0.332 e. The third-order valence-electron chi connectivity index (χ3n) is 8.52. The highest BCUT2D eigenvalue weighted by atomic mass is 32.1. The van der Waals surface area contributed by atoms with E-state index in [1.807, 2.05) is 38.1 Å². The summed E-state index contributed by atoms with van der Waals surface area (Å²) in [5.41, 5.74) is 5.41. The minimum absolute atomic E-state index is 0.0105. The van der Waals surface area contributed by atoms with E-state index in [1.165, 1.54) is 46.7 Å². The Balaban J connectivity index is 1.07. The number of benzene rings is 4. The Morgan fingerprint density at radius 1 is 0.851 bits per heavy atom. The first-order valence-corrected chi connectivity index (χ1v) is 16.6. The maximum atomic E-state index is 13.1. The van der Waals surface area contributed by atoms with Crippen LogP contribution in [0.25, 0.3) is 16.6 Å². The van der Waals surface area contributed by atoms with Crippen molar-refractivity contribution in [3.8, 4) is 17.2 Å². The molecule has 47 heavy (non-hydrogen) atoms. The van der Waals surface area contributed by atoms with Gasteiger partial charge in [-0.3, -0.25) is 4.79 Å². The van der Waals surface area contributed by atoms with Crippen LogP contribution in [0.15, 0.2) is 103 Å². The number of nitrogens with zero attached hydrogens (tertiary/aromatic N) is 3. The predicted molar refractivity (Wildman–Crippen MR) is 193 cm³/mol. The van der Waals surface area contributed by atoms with E-state index in [0.717, 1.165) is 12.1 Å². The average molecular weight is 648 g/mol. The number of hydrogen-bond acceptors (Lipinski definition) is 5. The van der Waals surface area contributed by atoms with E-state index in [9.17, 15) is 9.59 Å². The summed E-state index contributed by atoms with van der Waals surface area (Å²) in [6, 6.07) is 30.8. The molecule has 6 rings (SSSR count). The van der Waals surface area contributed by atoms with E-state index in [-0.39, 0.29) is 18.0 Å². The van der Waals surface area contributed by atoms with Crippen LogP contribution in [0.3, 0.4) is 0 Å². The van der Waals surface area contributed by atoms with Gasteiger partial charge < -0.3 is 24.8 Å². The molecule has 0 spiro atoms. The molecule has 242 valence electrons. The monoisotopic (exact) mass is 647 g/mol. The Labute approximate surface area is 281 Å². The van der Waals surface area contributed by atoms with Crippen LogP contribution in [0.4, 0.5) is 16.2 Å². The number of fused-ring (bicyclic) bond motifs is 1. The number of carbonyl (C=O) groups excluding carboxylic acids is 2. The van der Waals surface area contributed by atoms with Crippen molar-refractivity contribution in [1.29, 1.82) is 0 Å². The van der Waals surface area contributed by atoms with Gasteiger partial charge in [0.15, 0.2) is 0 Å². The van der Waals surface area contributed by atoms with Crippen molar-refractivity contribution >= 4 is 47.0 Å². The second-order valence-corrected chi connectivity index (χ2v) is 12.8. The zero-order valence-electron chi connectivity index (χ0n) is 27.0. The number of urea groups is 1. The molecule has 0 saturated carbocycles. The number of anilines is 2. The molecular weight excluding hydrogens is 607 g/mol. The van der Waals surface area contributed by atoms with Crippen molar-refractivity contribution in [2.75, 3.05) is 22.7 Å². The van der Waals surface area contributed by atoms with Crippen LogP contribution in [0.5, 0.6) is 11.5 Å². The SMILES string of the molecule is CC(C)NC(=O)N(S)c1ccc(Oc2ccc(NC(=O)c3ccc(-n4cc(CC(C)N5CCCC5)c5ccccc54)cc3)cc2)cc1. The molecule has 2 N–H and O–H groups in total. The van der Waals surface area contributed by atoms with Crippen LogP contribution in [-0.4, -0.2) is 46.6 Å². The molecule has 3 amide bonds. The molecule has 1 aromatic heterocycles. The second kappa shape index (κ2) is 14.4. The summed E-state index contributed by atoms with van der Waals surface area (Å²) < 4.78 is 9.44. The van der Waals surface area contributed by atoms with Crippen LogP contribution >= 0.6 is 12.8 Å². The summed E-state index contributed by atoms with van der Waals surface area (Å²) in [6.45, 7) is 8.49. The standard InChI is InChI=1S/C38H41N5O3S/c1-26(2)39-38(45)43(47)32-16-20-34(21-17-32)46-33-18-12-30(13-19-33)40-37(44)28-10-14-31(15-11-28)42-25-29(35-8-4-5-9-36(35)42)24-27(3)41-22-6-7-23-41/h4-5,8-21,25-27,47H,6-7,22-24H2,1-3H3,(H,39,45)(H,40,44). The van der Waals surface area contributed by atoms with Crippen molar-refractivity contribution in [2.45, 2.75) is 52.1 Å². The van der Waals surface area contributed by atoms with Gasteiger partial charge in [0.05, 0.1) is 11.2 Å². The Kier molecular flexibility index (Phi) is 9.84. The first-order chi connectivity index (χ1) is 22.7. The molecule has 1 fully saturated rings. The van der Waals surface area contributed by atoms with Crippen LogP contribution in [0.1, 0.15) is 49.5 Å². The lowest BCUT2D eigenvalue weighted by atomic mass is 10.1. The highest BCUT2D eigenvalue weighted by Gasteiger charge is 2.20. The molecule has 1 aliphatic heterocycles. The lowest BCUT2D eigenvalue weighted by molar-refractivity contribution is 0.102. The summed E-state index contributed by atoms with van der Waals surface area (Å²) in [5.74, 6) is 1.05. The van der Waals surface area contributed by atoms with Gasteiger partial charge in [0, 0.05) is 40.6 Å². The van der Waals surface area contributed by atoms with Crippen molar-refractivity contribution in [2.24, 2.45) is 0 Å². The largest absolute Gasteiger partial charge is 0.457 e. The van der Waals surface area contributed by atoms with Gasteiger partial charge in [0.2, 0.25) is 0 Å². The number of amides is 3. The number of rotatable bonds is 10. The molecule has 8 nitrogen and oxygen atoms in total. The van der Waals surface area contributed by atoms with Gasteiger partial charge >= 0.3 is 6.03 Å². The number of nitrogens with one attached hydrogen (secondary N) is 2. The molecular formula is C38H41N5O3S. The first-order valence-electron chi connectivity index (χ1n) is 16.2.